The van der Waals surface area contributed by atoms with E-state index in [1.165, 1.54) is 36.5 Å². The van der Waals surface area contributed by atoms with Gasteiger partial charge in [-0.15, -0.1) is 0 Å². The summed E-state index contributed by atoms with van der Waals surface area (Å²) in [6.07, 6.45) is 3.94. The van der Waals surface area contributed by atoms with Crippen molar-refractivity contribution in [2.45, 2.75) is 207 Å². The minimum Gasteiger partial charge on any atom is -0.484 e. The summed E-state index contributed by atoms with van der Waals surface area (Å²) < 4.78 is 57.3. The van der Waals surface area contributed by atoms with Crippen LogP contribution in [-0.2, 0) is 32.7 Å². The summed E-state index contributed by atoms with van der Waals surface area (Å²) in [7, 11) is -2.68. The maximum absolute atomic E-state index is 13.9. The predicted molar refractivity (Wildman–Crippen MR) is 353 cm³/mol. The number of nitro groups is 1. The Balaban J connectivity index is 0.000000201. The molecule has 12 rings (SSSR count). The van der Waals surface area contributed by atoms with Gasteiger partial charge in [-0.3, -0.25) is 29.7 Å². The first-order valence-corrected chi connectivity index (χ1v) is 35.3. The van der Waals surface area contributed by atoms with Crippen molar-refractivity contribution in [1.82, 2.24) is 9.97 Å². The number of nitro benzene ring substituents is 1. The van der Waals surface area contributed by atoms with Crippen LogP contribution in [0.15, 0.2) is 104 Å². The number of aliphatic hydroxyl groups excluding tert-OH is 3. The molecule has 5 aromatic rings. The zero-order valence-electron chi connectivity index (χ0n) is 57.9. The van der Waals surface area contributed by atoms with Crippen LogP contribution < -0.4 is 20.7 Å². The van der Waals surface area contributed by atoms with Crippen LogP contribution >= 0.6 is 0 Å². The van der Waals surface area contributed by atoms with E-state index in [0.29, 0.717) is 42.8 Å². The number of rotatable bonds is 10. The maximum Gasteiger partial charge on any atom is 0.349 e. The normalized spacial score (nSPS) is 34.0. The number of hydrogen-bond donors (Lipinski definition) is 3. The van der Waals surface area contributed by atoms with E-state index in [1.54, 1.807) is 83.5 Å². The minimum atomic E-state index is -2.68. The number of carbonyl (C=O) groups is 3. The van der Waals surface area contributed by atoms with Crippen LogP contribution in [-0.4, -0.2) is 106 Å². The van der Waals surface area contributed by atoms with Gasteiger partial charge in [0.15, 0.2) is 0 Å². The Morgan fingerprint density at radius 2 is 1.19 bits per heavy atom. The maximum atomic E-state index is 13.9. The second kappa shape index (κ2) is 24.7. The van der Waals surface area contributed by atoms with Gasteiger partial charge in [0.1, 0.15) is 64.2 Å². The first-order valence-electron chi connectivity index (χ1n) is 33.5. The lowest BCUT2D eigenvalue weighted by molar-refractivity contribution is -0.384. The Kier molecular flexibility index (Phi) is 18.0. The van der Waals surface area contributed by atoms with Crippen LogP contribution in [0.3, 0.4) is 0 Å². The number of fused-ring (bicyclic) bond motifs is 10. The van der Waals surface area contributed by atoms with Gasteiger partial charge in [0, 0.05) is 99.5 Å². The molecule has 22 nitrogen and oxygen atoms in total. The van der Waals surface area contributed by atoms with Gasteiger partial charge in [-0.1, -0.05) is 96.9 Å². The van der Waals surface area contributed by atoms with Crippen LogP contribution in [0.4, 0.5) is 5.69 Å². The SMILES string of the molecule is CC(C)(C)[Si]1(C(C)(C)C)OC[C@@]2(C)C3C[C@H](O)[C@@]4(C)Oc5cc(-c6cccnc6)oc(=O)c5[C@H](O)C4[C@@]3(C)CC[C@@H]2O1.CC(C)C(=O)OC[C@@]1(C)C2C[C@H](OC(=O)c3ccc([N+](=O)[O-])cc3)[C@@]3(C)Oc4cc(-c5cccnc5)oc(=O)c4[C@H](O)C3[C@@]2(C)CC[C@@H]1OC(=O)C(C)C. The molecule has 518 valence electrons. The first kappa shape index (κ1) is 70.2. The van der Waals surface area contributed by atoms with Gasteiger partial charge in [0.25, 0.3) is 5.69 Å². The number of pyridine rings is 2. The highest BCUT2D eigenvalue weighted by Gasteiger charge is 2.74. The van der Waals surface area contributed by atoms with E-state index < -0.39 is 130 Å². The lowest BCUT2D eigenvalue weighted by Gasteiger charge is -2.69. The Hall–Kier alpha value is -7.15. The topological polar surface area (TPSA) is 306 Å². The molecule has 3 aliphatic heterocycles. The molecule has 23 heteroatoms. The lowest BCUT2D eigenvalue weighted by atomic mass is 9.42. The van der Waals surface area contributed by atoms with E-state index in [0.717, 1.165) is 12.8 Å². The number of nitrogens with zero attached hydrogens (tertiary/aromatic N) is 3. The van der Waals surface area contributed by atoms with Gasteiger partial charge in [-0.2, -0.15) is 0 Å². The van der Waals surface area contributed by atoms with E-state index >= 15 is 0 Å². The molecule has 7 heterocycles. The summed E-state index contributed by atoms with van der Waals surface area (Å²) >= 11 is 0. The monoisotopic (exact) mass is 1340 g/mol. The summed E-state index contributed by atoms with van der Waals surface area (Å²) in [5.74, 6) is -3.77. The van der Waals surface area contributed by atoms with E-state index in [4.69, 9.17) is 41.4 Å². The van der Waals surface area contributed by atoms with Crippen molar-refractivity contribution < 1.29 is 76.0 Å². The average molecular weight is 1340 g/mol. The van der Waals surface area contributed by atoms with Crippen molar-refractivity contribution in [2.24, 2.45) is 57.2 Å². The van der Waals surface area contributed by atoms with Crippen molar-refractivity contribution in [3.63, 3.8) is 0 Å². The van der Waals surface area contributed by atoms with Crippen LogP contribution in [0.1, 0.15) is 183 Å². The van der Waals surface area contributed by atoms with Gasteiger partial charge < -0.3 is 56.7 Å². The highest BCUT2D eigenvalue weighted by atomic mass is 28.4. The molecule has 4 aliphatic carbocycles. The summed E-state index contributed by atoms with van der Waals surface area (Å²) in [5, 5.41) is 47.4. The van der Waals surface area contributed by atoms with Crippen molar-refractivity contribution >= 4 is 32.2 Å². The molecule has 0 radical (unpaired) electrons. The van der Waals surface area contributed by atoms with Crippen LogP contribution in [0.2, 0.25) is 10.1 Å². The van der Waals surface area contributed by atoms with E-state index in [9.17, 15) is 49.4 Å². The third-order valence-electron chi connectivity index (χ3n) is 23.2. The van der Waals surface area contributed by atoms with Crippen LogP contribution in [0.25, 0.3) is 22.6 Å². The van der Waals surface area contributed by atoms with Crippen molar-refractivity contribution in [1.29, 1.82) is 0 Å². The summed E-state index contributed by atoms with van der Waals surface area (Å²) in [6, 6.07) is 15.1. The van der Waals surface area contributed by atoms with E-state index in [2.05, 4.69) is 65.4 Å². The van der Waals surface area contributed by atoms with Crippen LogP contribution in [0.5, 0.6) is 11.5 Å². The fourth-order valence-corrected chi connectivity index (χ4v) is 23.8. The fourth-order valence-electron chi connectivity index (χ4n) is 18.6. The molecule has 5 fully saturated rings. The Morgan fingerprint density at radius 3 is 1.69 bits per heavy atom. The quantitative estimate of drug-likeness (QED) is 0.0385. The molecule has 4 aromatic heterocycles. The Bertz CT molecular complexity index is 3910. The third-order valence-corrected chi connectivity index (χ3v) is 28.4. The second-order valence-corrected chi connectivity index (χ2v) is 36.8. The summed E-state index contributed by atoms with van der Waals surface area (Å²) in [6.45, 7) is 32.6. The molecule has 96 heavy (non-hydrogen) atoms. The Labute approximate surface area is 560 Å². The van der Waals surface area contributed by atoms with Gasteiger partial charge in [0.05, 0.1) is 46.7 Å². The highest BCUT2D eigenvalue weighted by molar-refractivity contribution is 6.73. The largest absolute Gasteiger partial charge is 0.484 e. The second-order valence-electron chi connectivity index (χ2n) is 32.0. The number of hydrogen-bond acceptors (Lipinski definition) is 21. The van der Waals surface area contributed by atoms with Gasteiger partial charge in [-0.05, 0) is 111 Å². The summed E-state index contributed by atoms with van der Waals surface area (Å²) in [4.78, 5) is 86.1. The molecular formula is C73H93N3O19Si. The molecule has 16 atom stereocenters. The van der Waals surface area contributed by atoms with Crippen molar-refractivity contribution in [2.75, 3.05) is 13.2 Å². The molecule has 0 bridgehead atoms. The van der Waals surface area contributed by atoms with Crippen molar-refractivity contribution in [3.8, 4) is 34.1 Å². The predicted octanol–water partition coefficient (Wildman–Crippen LogP) is 12.4. The first-order chi connectivity index (χ1) is 44.8. The number of ether oxygens (including phenoxy) is 5. The van der Waals surface area contributed by atoms with E-state index in [1.807, 2.05) is 20.8 Å². The molecule has 0 spiro atoms. The lowest BCUT2D eigenvalue weighted by Crippen LogP contribution is -2.74. The molecular weight excluding hydrogens is 1250 g/mol. The molecule has 7 aliphatic rings. The molecule has 4 unspecified atom stereocenters. The number of esters is 3. The van der Waals surface area contributed by atoms with Gasteiger partial charge >= 0.3 is 37.7 Å². The average Bonchev–Trinajstić information content (AvgIpc) is 0.688. The molecule has 4 saturated carbocycles. The zero-order chi connectivity index (χ0) is 70.0. The Morgan fingerprint density at radius 1 is 0.677 bits per heavy atom. The molecule has 0 amide bonds. The fraction of sp³-hybridized carbons (Fsp3) is 0.603. The molecule has 1 aromatic carbocycles. The molecule has 3 N–H and O–H groups in total. The number of aliphatic hydroxyl groups is 3. The van der Waals surface area contributed by atoms with Gasteiger partial charge in [-0.25, -0.2) is 14.4 Å². The minimum absolute atomic E-state index is 0.0213. The van der Waals surface area contributed by atoms with E-state index in [-0.39, 0.29) is 80.2 Å². The van der Waals surface area contributed by atoms with Crippen LogP contribution in [0, 0.1) is 67.3 Å². The highest BCUT2D eigenvalue weighted by Crippen LogP contribution is 2.71. The third kappa shape index (κ3) is 11.4. The number of non-ortho nitro benzene ring substituents is 1. The zero-order valence-corrected chi connectivity index (χ0v) is 58.9. The summed E-state index contributed by atoms with van der Waals surface area (Å²) in [5.41, 5.74) is -5.76. The number of benzene rings is 1. The van der Waals surface area contributed by atoms with Gasteiger partial charge in [0.2, 0.25) is 0 Å². The van der Waals surface area contributed by atoms with Crippen molar-refractivity contribution in [3.05, 3.63) is 133 Å². The number of carbonyl (C=O) groups excluding carboxylic acids is 3. The standard InChI is InChI=1S/C40H46N2O12.C33H47NO7Si/c1-21(2)34(44)50-20-39(6)28-18-30(53-36(46)23-10-12-25(13-11-23)42(48)49)40(7)33(38(28,5)15-14-29(39)52-35(45)22(3)4)32(43)31-27(54-40)17-26(51-37(31)47)24-9-8-16-41-19-24;1-29(2,3)42(30(4,5)6)38-18-32(8)22-16-23(35)33(9)27(31(22,7)13-12-24(32)41-42)26(36)25-21(40-33)15-20(39-28(25)37)19-11-10-14-34-17-19/h8-13,16-17,19,21-22,28-30,32-33,43H,14-15,18,20H2,1-7H3;10-11,14-15,17,22-24,26-27,35-36H,12-13,16,18H2,1-9H3/t28?,29-,30-,32-,33?,38-,39-,40+;22?,23-,24-,26-,27?,31-,32-,33+/m00/s1. The smallest absolute Gasteiger partial charge is 0.349 e. The molecule has 1 saturated heterocycles. The number of aromatic nitrogens is 2.